The van der Waals surface area contributed by atoms with E-state index in [4.69, 9.17) is 0 Å². The van der Waals surface area contributed by atoms with Crippen LogP contribution < -0.4 is 10.6 Å². The van der Waals surface area contributed by atoms with E-state index in [9.17, 15) is 14.4 Å². The zero-order valence-electron chi connectivity index (χ0n) is 18.9. The van der Waals surface area contributed by atoms with Crippen LogP contribution in [-0.4, -0.2) is 59.4 Å². The van der Waals surface area contributed by atoms with Crippen LogP contribution in [0.25, 0.3) is 0 Å². The van der Waals surface area contributed by atoms with Gasteiger partial charge in [0.05, 0.1) is 0 Å². The van der Waals surface area contributed by atoms with E-state index in [1.54, 1.807) is 4.90 Å². The maximum Gasteiger partial charge on any atom is 0.319 e. The first-order valence-corrected chi connectivity index (χ1v) is 11.0. The number of hydrogen-bond acceptors (Lipinski definition) is 3. The molecule has 4 amide bonds. The molecular formula is C23H36N4O3. The van der Waals surface area contributed by atoms with E-state index in [1.165, 1.54) is 0 Å². The van der Waals surface area contributed by atoms with E-state index in [0.717, 1.165) is 24.1 Å². The normalized spacial score (nSPS) is 17.6. The number of amides is 4. The van der Waals surface area contributed by atoms with E-state index >= 15 is 0 Å². The zero-order valence-corrected chi connectivity index (χ0v) is 18.9. The van der Waals surface area contributed by atoms with Crippen molar-refractivity contribution >= 4 is 23.5 Å². The third-order valence-electron chi connectivity index (χ3n) is 5.62. The molecule has 0 radical (unpaired) electrons. The largest absolute Gasteiger partial charge is 0.337 e. The molecule has 2 atom stereocenters. The molecule has 7 heteroatoms. The summed E-state index contributed by atoms with van der Waals surface area (Å²) in [5.41, 5.74) is 1.68. The fourth-order valence-electron chi connectivity index (χ4n) is 3.72. The predicted octanol–water partition coefficient (Wildman–Crippen LogP) is 3.39. The van der Waals surface area contributed by atoms with E-state index in [2.05, 4.69) is 17.6 Å². The third kappa shape index (κ3) is 6.21. The predicted molar refractivity (Wildman–Crippen MR) is 119 cm³/mol. The Bertz CT molecular complexity index is 750. The van der Waals surface area contributed by atoms with Gasteiger partial charge in [0, 0.05) is 37.8 Å². The molecule has 1 aliphatic heterocycles. The molecule has 1 fully saturated rings. The quantitative estimate of drug-likeness (QED) is 0.715. The zero-order chi connectivity index (χ0) is 22.3. The highest BCUT2D eigenvalue weighted by Gasteiger charge is 2.34. The second kappa shape index (κ2) is 11.0. The van der Waals surface area contributed by atoms with Gasteiger partial charge in [-0.25, -0.2) is 4.79 Å². The monoisotopic (exact) mass is 416 g/mol. The summed E-state index contributed by atoms with van der Waals surface area (Å²) in [6.07, 6.45) is 2.44. The minimum atomic E-state index is -0.622. The molecular weight excluding hydrogens is 380 g/mol. The number of carbonyl (C=O) groups is 3. The molecule has 1 saturated heterocycles. The molecule has 0 spiro atoms. The van der Waals surface area contributed by atoms with Gasteiger partial charge in [0.25, 0.3) is 0 Å². The molecule has 0 saturated carbocycles. The highest BCUT2D eigenvalue weighted by Crippen LogP contribution is 2.17. The summed E-state index contributed by atoms with van der Waals surface area (Å²) in [4.78, 5) is 41.7. The third-order valence-corrected chi connectivity index (χ3v) is 5.62. The van der Waals surface area contributed by atoms with Crippen molar-refractivity contribution in [2.24, 2.45) is 5.92 Å². The summed E-state index contributed by atoms with van der Waals surface area (Å²) >= 11 is 0. The Labute approximate surface area is 180 Å². The molecule has 7 nitrogen and oxygen atoms in total. The minimum Gasteiger partial charge on any atom is -0.337 e. The summed E-state index contributed by atoms with van der Waals surface area (Å²) in [6, 6.07) is 6.48. The number of hydrogen-bond donors (Lipinski definition) is 2. The smallest absolute Gasteiger partial charge is 0.319 e. The molecule has 0 aliphatic carbocycles. The van der Waals surface area contributed by atoms with Crippen molar-refractivity contribution in [1.82, 2.24) is 15.1 Å². The Hall–Kier alpha value is -2.57. The van der Waals surface area contributed by atoms with Crippen molar-refractivity contribution in [3.05, 3.63) is 29.8 Å². The number of urea groups is 1. The molecule has 0 bridgehead atoms. The average Bonchev–Trinajstić information content (AvgIpc) is 2.71. The molecule has 1 aromatic rings. The Morgan fingerprint density at radius 3 is 2.47 bits per heavy atom. The number of unbranched alkanes of at least 4 members (excludes halogenated alkanes) is 1. The standard InChI is InChI=1S/C23H36N4O3/c1-6-7-12-20(28)27-14-13-26(15-18(27)5)22(29)21(16(2)3)25-23(30)24-19-11-9-8-10-17(19)4/h8-11,16,18,21H,6-7,12-15H2,1-5H3,(H2,24,25,30). The Morgan fingerprint density at radius 1 is 1.17 bits per heavy atom. The first-order chi connectivity index (χ1) is 14.2. The van der Waals surface area contributed by atoms with Crippen LogP contribution in [-0.2, 0) is 9.59 Å². The van der Waals surface area contributed by atoms with Crippen molar-refractivity contribution in [3.8, 4) is 0 Å². The maximum absolute atomic E-state index is 13.2. The lowest BCUT2D eigenvalue weighted by Gasteiger charge is -2.41. The summed E-state index contributed by atoms with van der Waals surface area (Å²) in [5, 5.41) is 5.67. The fraction of sp³-hybridized carbons (Fsp3) is 0.609. The van der Waals surface area contributed by atoms with Crippen molar-refractivity contribution in [2.45, 2.75) is 66.0 Å². The van der Waals surface area contributed by atoms with Crippen molar-refractivity contribution in [2.75, 3.05) is 25.0 Å². The molecule has 1 aromatic carbocycles. The van der Waals surface area contributed by atoms with Gasteiger partial charge in [-0.05, 0) is 37.8 Å². The maximum atomic E-state index is 13.2. The van der Waals surface area contributed by atoms with Gasteiger partial charge in [-0.15, -0.1) is 0 Å². The Kier molecular flexibility index (Phi) is 8.69. The number of anilines is 1. The van der Waals surface area contributed by atoms with E-state index in [1.807, 2.05) is 56.9 Å². The topological polar surface area (TPSA) is 81.8 Å². The van der Waals surface area contributed by atoms with Gasteiger partial charge in [0.15, 0.2) is 0 Å². The summed E-state index contributed by atoms with van der Waals surface area (Å²) in [5.74, 6) is 0.00433. The summed E-state index contributed by atoms with van der Waals surface area (Å²) < 4.78 is 0. The second-order valence-corrected chi connectivity index (χ2v) is 8.46. The minimum absolute atomic E-state index is 0.0272. The lowest BCUT2D eigenvalue weighted by Crippen LogP contribution is -2.60. The van der Waals surface area contributed by atoms with Crippen LogP contribution in [0.2, 0.25) is 0 Å². The lowest BCUT2D eigenvalue weighted by atomic mass is 10.0. The molecule has 2 rings (SSSR count). The van der Waals surface area contributed by atoms with Crippen LogP contribution in [0, 0.1) is 12.8 Å². The van der Waals surface area contributed by atoms with Crippen LogP contribution >= 0.6 is 0 Å². The van der Waals surface area contributed by atoms with E-state index in [0.29, 0.717) is 26.1 Å². The fourth-order valence-corrected chi connectivity index (χ4v) is 3.72. The summed E-state index contributed by atoms with van der Waals surface area (Å²) in [6.45, 7) is 11.3. The van der Waals surface area contributed by atoms with Crippen LogP contribution in [0.5, 0.6) is 0 Å². The first-order valence-electron chi connectivity index (χ1n) is 11.0. The number of benzene rings is 1. The molecule has 1 heterocycles. The van der Waals surface area contributed by atoms with Crippen molar-refractivity contribution in [1.29, 1.82) is 0 Å². The molecule has 1 aliphatic rings. The number of nitrogens with zero attached hydrogens (tertiary/aromatic N) is 2. The van der Waals surface area contributed by atoms with Crippen molar-refractivity contribution in [3.63, 3.8) is 0 Å². The highest BCUT2D eigenvalue weighted by atomic mass is 16.2. The number of aryl methyl sites for hydroxylation is 1. The van der Waals surface area contributed by atoms with Gasteiger partial charge in [0.2, 0.25) is 11.8 Å². The van der Waals surface area contributed by atoms with Crippen LogP contribution in [0.3, 0.4) is 0 Å². The molecule has 2 N–H and O–H groups in total. The molecule has 30 heavy (non-hydrogen) atoms. The van der Waals surface area contributed by atoms with Crippen LogP contribution in [0.4, 0.5) is 10.5 Å². The summed E-state index contributed by atoms with van der Waals surface area (Å²) in [7, 11) is 0. The highest BCUT2D eigenvalue weighted by molar-refractivity contribution is 5.94. The number of nitrogens with one attached hydrogen (secondary N) is 2. The Balaban J connectivity index is 1.98. The van der Waals surface area contributed by atoms with E-state index < -0.39 is 12.1 Å². The van der Waals surface area contributed by atoms with Gasteiger partial charge in [-0.3, -0.25) is 9.59 Å². The second-order valence-electron chi connectivity index (χ2n) is 8.46. The number of piperazine rings is 1. The van der Waals surface area contributed by atoms with Gasteiger partial charge < -0.3 is 20.4 Å². The van der Waals surface area contributed by atoms with Gasteiger partial charge in [0.1, 0.15) is 6.04 Å². The Morgan fingerprint density at radius 2 is 1.87 bits per heavy atom. The molecule has 2 unspecified atom stereocenters. The number of rotatable bonds is 7. The van der Waals surface area contributed by atoms with Gasteiger partial charge in [-0.2, -0.15) is 0 Å². The van der Waals surface area contributed by atoms with Crippen molar-refractivity contribution < 1.29 is 14.4 Å². The molecule has 0 aromatic heterocycles. The molecule has 166 valence electrons. The van der Waals surface area contributed by atoms with Crippen LogP contribution in [0.1, 0.15) is 52.5 Å². The number of para-hydroxylation sites is 1. The lowest BCUT2D eigenvalue weighted by molar-refractivity contribution is -0.144. The van der Waals surface area contributed by atoms with Gasteiger partial charge >= 0.3 is 6.03 Å². The first kappa shape index (κ1) is 23.7. The number of carbonyl (C=O) groups excluding carboxylic acids is 3. The average molecular weight is 417 g/mol. The van der Waals surface area contributed by atoms with Gasteiger partial charge in [-0.1, -0.05) is 45.4 Å². The van der Waals surface area contributed by atoms with Crippen LogP contribution in [0.15, 0.2) is 24.3 Å². The van der Waals surface area contributed by atoms with E-state index in [-0.39, 0.29) is 23.8 Å². The SMILES string of the molecule is CCCCC(=O)N1CCN(C(=O)C(NC(=O)Nc2ccccc2C)C(C)C)CC1C.